The lowest BCUT2D eigenvalue weighted by molar-refractivity contribution is -0.132. The third-order valence-electron chi connectivity index (χ3n) is 3.82. The van der Waals surface area contributed by atoms with Gasteiger partial charge in [0.1, 0.15) is 0 Å². The number of nitrogens with one attached hydrogen (secondary N) is 1. The van der Waals surface area contributed by atoms with E-state index in [2.05, 4.69) is 17.4 Å². The van der Waals surface area contributed by atoms with Gasteiger partial charge in [0, 0.05) is 19.1 Å². The standard InChI is InChI=1S/C16H25N3O/c1-13(17)16(20)19(12-15-8-5-10-18-15)11-9-14-6-3-2-4-7-14/h2-4,6-7,13,15,18H,5,8-12,17H2,1H3/t13-,15+/m1/s1. The second-order valence-corrected chi connectivity index (χ2v) is 5.60. The topological polar surface area (TPSA) is 58.4 Å². The van der Waals surface area contributed by atoms with Crippen LogP contribution in [0.3, 0.4) is 0 Å². The van der Waals surface area contributed by atoms with Crippen LogP contribution in [0.15, 0.2) is 30.3 Å². The fourth-order valence-electron chi connectivity index (χ4n) is 2.67. The molecule has 3 N–H and O–H groups in total. The van der Waals surface area contributed by atoms with Gasteiger partial charge in [-0.3, -0.25) is 4.79 Å². The van der Waals surface area contributed by atoms with Crippen LogP contribution in [0, 0.1) is 0 Å². The quantitative estimate of drug-likeness (QED) is 0.819. The van der Waals surface area contributed by atoms with Crippen molar-refractivity contribution in [2.75, 3.05) is 19.6 Å². The van der Waals surface area contributed by atoms with E-state index in [-0.39, 0.29) is 5.91 Å². The van der Waals surface area contributed by atoms with Crippen molar-refractivity contribution in [2.45, 2.75) is 38.3 Å². The molecule has 0 bridgehead atoms. The van der Waals surface area contributed by atoms with Crippen LogP contribution >= 0.6 is 0 Å². The highest BCUT2D eigenvalue weighted by Gasteiger charge is 2.23. The van der Waals surface area contributed by atoms with E-state index in [9.17, 15) is 4.79 Å². The molecular formula is C16H25N3O. The zero-order valence-electron chi connectivity index (χ0n) is 12.2. The Morgan fingerprint density at radius 2 is 2.20 bits per heavy atom. The summed E-state index contributed by atoms with van der Waals surface area (Å²) in [6.07, 6.45) is 3.23. The molecule has 0 aromatic heterocycles. The molecule has 1 fully saturated rings. The van der Waals surface area contributed by atoms with Gasteiger partial charge in [0.2, 0.25) is 5.91 Å². The number of hydrogen-bond donors (Lipinski definition) is 2. The van der Waals surface area contributed by atoms with Gasteiger partial charge in [0.05, 0.1) is 6.04 Å². The minimum absolute atomic E-state index is 0.0506. The molecule has 1 aromatic carbocycles. The molecule has 1 saturated heterocycles. The Kier molecular flexibility index (Phi) is 5.56. The van der Waals surface area contributed by atoms with Gasteiger partial charge in [-0.05, 0) is 38.3 Å². The molecular weight excluding hydrogens is 250 g/mol. The first-order valence-electron chi connectivity index (χ1n) is 7.48. The van der Waals surface area contributed by atoms with Crippen LogP contribution in [0.25, 0.3) is 0 Å². The molecule has 20 heavy (non-hydrogen) atoms. The van der Waals surface area contributed by atoms with E-state index in [1.54, 1.807) is 6.92 Å². The molecule has 4 heteroatoms. The van der Waals surface area contributed by atoms with Crippen LogP contribution in [0.5, 0.6) is 0 Å². The van der Waals surface area contributed by atoms with Crippen LogP contribution in [0.4, 0.5) is 0 Å². The van der Waals surface area contributed by atoms with Gasteiger partial charge in [-0.2, -0.15) is 0 Å². The number of hydrogen-bond acceptors (Lipinski definition) is 3. The van der Waals surface area contributed by atoms with Crippen molar-refractivity contribution in [1.29, 1.82) is 0 Å². The molecule has 0 saturated carbocycles. The summed E-state index contributed by atoms with van der Waals surface area (Å²) < 4.78 is 0. The first-order chi connectivity index (χ1) is 9.66. The second kappa shape index (κ2) is 7.41. The van der Waals surface area contributed by atoms with Crippen LogP contribution in [0.2, 0.25) is 0 Å². The predicted molar refractivity (Wildman–Crippen MR) is 81.4 cm³/mol. The first-order valence-corrected chi connectivity index (χ1v) is 7.48. The number of nitrogens with two attached hydrogens (primary N) is 1. The SMILES string of the molecule is C[C@@H](N)C(=O)N(CCc1ccccc1)C[C@@H]1CCCN1. The largest absolute Gasteiger partial charge is 0.339 e. The fraction of sp³-hybridized carbons (Fsp3) is 0.562. The van der Waals surface area contributed by atoms with Crippen molar-refractivity contribution < 1.29 is 4.79 Å². The molecule has 1 aliphatic rings. The molecule has 1 aromatic rings. The van der Waals surface area contributed by atoms with Crippen LogP contribution < -0.4 is 11.1 Å². The normalized spacial score (nSPS) is 19.8. The Morgan fingerprint density at radius 1 is 1.45 bits per heavy atom. The summed E-state index contributed by atoms with van der Waals surface area (Å²) in [4.78, 5) is 14.1. The third-order valence-corrected chi connectivity index (χ3v) is 3.82. The number of carbonyl (C=O) groups excluding carboxylic acids is 1. The maximum absolute atomic E-state index is 12.2. The van der Waals surface area contributed by atoms with Gasteiger partial charge in [-0.25, -0.2) is 0 Å². The Balaban J connectivity index is 1.93. The van der Waals surface area contributed by atoms with Gasteiger partial charge in [-0.1, -0.05) is 30.3 Å². The molecule has 0 unspecified atom stereocenters. The second-order valence-electron chi connectivity index (χ2n) is 5.60. The average Bonchev–Trinajstić information content (AvgIpc) is 2.96. The summed E-state index contributed by atoms with van der Waals surface area (Å²) in [5.74, 6) is 0.0506. The number of amides is 1. The number of rotatable bonds is 6. The summed E-state index contributed by atoms with van der Waals surface area (Å²) in [6.45, 7) is 4.33. The van der Waals surface area contributed by atoms with Crippen molar-refractivity contribution in [3.63, 3.8) is 0 Å². The van der Waals surface area contributed by atoms with E-state index >= 15 is 0 Å². The molecule has 1 heterocycles. The first kappa shape index (κ1) is 15.0. The zero-order chi connectivity index (χ0) is 14.4. The van der Waals surface area contributed by atoms with E-state index in [1.807, 2.05) is 23.1 Å². The van der Waals surface area contributed by atoms with Gasteiger partial charge < -0.3 is 16.0 Å². The molecule has 2 atom stereocenters. The summed E-state index contributed by atoms with van der Waals surface area (Å²) >= 11 is 0. The Hall–Kier alpha value is -1.39. The van der Waals surface area contributed by atoms with Crippen molar-refractivity contribution in [1.82, 2.24) is 10.2 Å². The Morgan fingerprint density at radius 3 is 2.80 bits per heavy atom. The predicted octanol–water partition coefficient (Wildman–Crippen LogP) is 1.16. The number of carbonyl (C=O) groups is 1. The number of nitrogens with zero attached hydrogens (tertiary/aromatic N) is 1. The lowest BCUT2D eigenvalue weighted by Gasteiger charge is -2.27. The molecule has 4 nitrogen and oxygen atoms in total. The van der Waals surface area contributed by atoms with E-state index in [1.165, 1.54) is 12.0 Å². The van der Waals surface area contributed by atoms with E-state index in [0.717, 1.165) is 32.5 Å². The van der Waals surface area contributed by atoms with E-state index < -0.39 is 6.04 Å². The summed E-state index contributed by atoms with van der Waals surface area (Å²) in [5.41, 5.74) is 7.03. The van der Waals surface area contributed by atoms with Gasteiger partial charge in [0.25, 0.3) is 0 Å². The highest BCUT2D eigenvalue weighted by molar-refractivity contribution is 5.81. The smallest absolute Gasteiger partial charge is 0.239 e. The van der Waals surface area contributed by atoms with Crippen molar-refractivity contribution in [3.8, 4) is 0 Å². The van der Waals surface area contributed by atoms with Crippen molar-refractivity contribution in [2.24, 2.45) is 5.73 Å². The van der Waals surface area contributed by atoms with Gasteiger partial charge in [0.15, 0.2) is 0 Å². The highest BCUT2D eigenvalue weighted by atomic mass is 16.2. The lowest BCUT2D eigenvalue weighted by atomic mass is 10.1. The van der Waals surface area contributed by atoms with Crippen LogP contribution in [-0.4, -0.2) is 42.5 Å². The van der Waals surface area contributed by atoms with Gasteiger partial charge >= 0.3 is 0 Å². The summed E-state index contributed by atoms with van der Waals surface area (Å²) in [6, 6.07) is 10.3. The lowest BCUT2D eigenvalue weighted by Crippen LogP contribution is -2.47. The fourth-order valence-corrected chi connectivity index (χ4v) is 2.67. The minimum Gasteiger partial charge on any atom is -0.339 e. The highest BCUT2D eigenvalue weighted by Crippen LogP contribution is 2.09. The van der Waals surface area contributed by atoms with Crippen LogP contribution in [-0.2, 0) is 11.2 Å². The summed E-state index contributed by atoms with van der Waals surface area (Å²) in [7, 11) is 0. The maximum Gasteiger partial charge on any atom is 0.239 e. The number of benzene rings is 1. The van der Waals surface area contributed by atoms with E-state index in [4.69, 9.17) is 5.73 Å². The van der Waals surface area contributed by atoms with Gasteiger partial charge in [-0.15, -0.1) is 0 Å². The molecule has 0 spiro atoms. The van der Waals surface area contributed by atoms with Crippen LogP contribution in [0.1, 0.15) is 25.3 Å². The summed E-state index contributed by atoms with van der Waals surface area (Å²) in [5, 5.41) is 3.44. The molecule has 2 rings (SSSR count). The van der Waals surface area contributed by atoms with Crippen molar-refractivity contribution >= 4 is 5.91 Å². The Bertz CT molecular complexity index is 413. The molecule has 0 radical (unpaired) electrons. The zero-order valence-corrected chi connectivity index (χ0v) is 12.2. The third kappa shape index (κ3) is 4.32. The Labute approximate surface area is 121 Å². The molecule has 0 aliphatic carbocycles. The monoisotopic (exact) mass is 275 g/mol. The molecule has 1 amide bonds. The maximum atomic E-state index is 12.2. The minimum atomic E-state index is -0.424. The average molecular weight is 275 g/mol. The molecule has 110 valence electrons. The van der Waals surface area contributed by atoms with Crippen molar-refractivity contribution in [3.05, 3.63) is 35.9 Å². The van der Waals surface area contributed by atoms with E-state index in [0.29, 0.717) is 6.04 Å². The molecule has 1 aliphatic heterocycles.